The summed E-state index contributed by atoms with van der Waals surface area (Å²) in [6.45, 7) is 7.39. The van der Waals surface area contributed by atoms with E-state index in [1.165, 1.54) is 25.7 Å². The molecule has 206 valence electrons. The predicted octanol–water partition coefficient (Wildman–Crippen LogP) is 5.32. The van der Waals surface area contributed by atoms with Crippen LogP contribution in [0.1, 0.15) is 101 Å². The number of nitrogens with one attached hydrogen (secondary N) is 1. The Labute approximate surface area is 223 Å². The molecule has 0 aliphatic heterocycles. The zero-order valence-electron chi connectivity index (χ0n) is 23.2. The summed E-state index contributed by atoms with van der Waals surface area (Å²) >= 11 is 0. The van der Waals surface area contributed by atoms with Gasteiger partial charge in [0.05, 0.1) is 12.7 Å². The number of carbonyl (C=O) groups excluding carboxylic acids is 1. The third kappa shape index (κ3) is 4.57. The zero-order chi connectivity index (χ0) is 26.4. The molecule has 1 amide bonds. The molecule has 10 atom stereocenters. The van der Waals surface area contributed by atoms with Gasteiger partial charge < -0.3 is 20.6 Å². The Hall–Kier alpha value is -1.43. The van der Waals surface area contributed by atoms with Crippen molar-refractivity contribution in [2.24, 2.45) is 46.3 Å². The van der Waals surface area contributed by atoms with E-state index >= 15 is 0 Å². The molecule has 0 aromatic heterocycles. The average molecular weight is 512 g/mol. The van der Waals surface area contributed by atoms with E-state index in [-0.39, 0.29) is 42.1 Å². The molecule has 0 heterocycles. The second-order valence-corrected chi connectivity index (χ2v) is 13.6. The average Bonchev–Trinajstić information content (AvgIpc) is 3.26. The molecule has 5 nitrogen and oxygen atoms in total. The first-order chi connectivity index (χ1) is 17.7. The fourth-order valence-electron chi connectivity index (χ4n) is 10.1. The fraction of sp³-hybridized carbons (Fsp3) is 0.781. The van der Waals surface area contributed by atoms with Crippen LogP contribution in [-0.4, -0.2) is 40.0 Å². The van der Waals surface area contributed by atoms with Crippen molar-refractivity contribution in [2.45, 2.75) is 104 Å². The van der Waals surface area contributed by atoms with E-state index in [2.05, 4.69) is 26.1 Å². The number of fused-ring (bicyclic) bond motifs is 5. The number of aliphatic hydroxyl groups excluding tert-OH is 3. The summed E-state index contributed by atoms with van der Waals surface area (Å²) in [5.74, 6) is 3.49. The summed E-state index contributed by atoms with van der Waals surface area (Å²) in [4.78, 5) is 13.0. The Morgan fingerprint density at radius 3 is 2.59 bits per heavy atom. The molecule has 0 unspecified atom stereocenters. The maximum atomic E-state index is 13.0. The van der Waals surface area contributed by atoms with Gasteiger partial charge in [0.2, 0.25) is 0 Å². The maximum absolute atomic E-state index is 13.0. The van der Waals surface area contributed by atoms with Gasteiger partial charge >= 0.3 is 0 Å². The zero-order valence-corrected chi connectivity index (χ0v) is 23.2. The summed E-state index contributed by atoms with van der Waals surface area (Å²) in [6, 6.07) is 7.52. The highest BCUT2D eigenvalue weighted by Crippen LogP contribution is 2.68. The van der Waals surface area contributed by atoms with Crippen molar-refractivity contribution in [3.63, 3.8) is 0 Å². The van der Waals surface area contributed by atoms with Crippen molar-refractivity contribution in [1.82, 2.24) is 5.32 Å². The van der Waals surface area contributed by atoms with Gasteiger partial charge in [0.25, 0.3) is 5.91 Å². The van der Waals surface area contributed by atoms with Crippen molar-refractivity contribution in [3.05, 3.63) is 35.4 Å². The minimum absolute atomic E-state index is 0.00447. The summed E-state index contributed by atoms with van der Waals surface area (Å²) in [7, 11) is 0. The molecule has 4 aliphatic rings. The number of benzene rings is 1. The lowest BCUT2D eigenvalue weighted by atomic mass is 9.43. The predicted molar refractivity (Wildman–Crippen MR) is 146 cm³/mol. The molecule has 4 fully saturated rings. The van der Waals surface area contributed by atoms with E-state index in [1.807, 2.05) is 18.2 Å². The summed E-state index contributed by atoms with van der Waals surface area (Å²) in [6.07, 6.45) is 10.7. The lowest BCUT2D eigenvalue weighted by Gasteiger charge is -2.62. The molecule has 1 aromatic rings. The molecule has 4 aliphatic carbocycles. The van der Waals surface area contributed by atoms with Crippen molar-refractivity contribution < 1.29 is 20.1 Å². The van der Waals surface area contributed by atoms with Crippen LogP contribution in [0.2, 0.25) is 0 Å². The third-order valence-electron chi connectivity index (χ3n) is 12.1. The molecule has 0 bridgehead atoms. The first kappa shape index (κ1) is 27.1. The SMILES string of the molecule is C[C@H](CCCO)[C@H]1CC[C@H]2[C@@H]3CC[C@@H]4C[C@@H](NC(=O)c5ccccc5CO)CC[C@]4(C)[C@H]3C[C@H](O)[C@]12C. The quantitative estimate of drug-likeness (QED) is 0.399. The smallest absolute Gasteiger partial charge is 0.251 e. The Morgan fingerprint density at radius 1 is 1.05 bits per heavy atom. The number of amides is 1. The summed E-state index contributed by atoms with van der Waals surface area (Å²) < 4.78 is 0. The highest BCUT2D eigenvalue weighted by Gasteiger charge is 2.63. The Kier molecular flexibility index (Phi) is 7.79. The van der Waals surface area contributed by atoms with E-state index in [0.717, 1.165) is 38.5 Å². The van der Waals surface area contributed by atoms with Crippen LogP contribution >= 0.6 is 0 Å². The highest BCUT2D eigenvalue weighted by molar-refractivity contribution is 5.95. The molecule has 0 spiro atoms. The van der Waals surface area contributed by atoms with Crippen LogP contribution in [0.15, 0.2) is 24.3 Å². The van der Waals surface area contributed by atoms with Crippen LogP contribution in [0.25, 0.3) is 0 Å². The number of rotatable bonds is 7. The van der Waals surface area contributed by atoms with Crippen LogP contribution in [0.5, 0.6) is 0 Å². The molecular formula is C32H49NO4. The second kappa shape index (κ2) is 10.6. The van der Waals surface area contributed by atoms with E-state index in [1.54, 1.807) is 6.07 Å². The van der Waals surface area contributed by atoms with Crippen molar-refractivity contribution in [3.8, 4) is 0 Å². The maximum Gasteiger partial charge on any atom is 0.251 e. The largest absolute Gasteiger partial charge is 0.396 e. The minimum Gasteiger partial charge on any atom is -0.396 e. The van der Waals surface area contributed by atoms with Gasteiger partial charge in [-0.05, 0) is 122 Å². The number of hydrogen-bond acceptors (Lipinski definition) is 4. The molecule has 5 rings (SSSR count). The molecule has 4 saturated carbocycles. The van der Waals surface area contributed by atoms with Crippen LogP contribution in [-0.2, 0) is 6.61 Å². The van der Waals surface area contributed by atoms with Crippen LogP contribution < -0.4 is 5.32 Å². The van der Waals surface area contributed by atoms with E-state index in [4.69, 9.17) is 0 Å². The van der Waals surface area contributed by atoms with Gasteiger partial charge in [0.15, 0.2) is 0 Å². The van der Waals surface area contributed by atoms with Gasteiger partial charge in [-0.25, -0.2) is 0 Å². The number of aliphatic hydroxyl groups is 3. The van der Waals surface area contributed by atoms with Gasteiger partial charge in [-0.2, -0.15) is 0 Å². The topological polar surface area (TPSA) is 89.8 Å². The fourth-order valence-corrected chi connectivity index (χ4v) is 10.1. The monoisotopic (exact) mass is 511 g/mol. The van der Waals surface area contributed by atoms with Crippen molar-refractivity contribution in [2.75, 3.05) is 6.61 Å². The molecule has 1 aromatic carbocycles. The third-order valence-corrected chi connectivity index (χ3v) is 12.1. The summed E-state index contributed by atoms with van der Waals surface area (Å²) in [5.41, 5.74) is 1.50. The Balaban J connectivity index is 1.28. The molecule has 0 radical (unpaired) electrons. The van der Waals surface area contributed by atoms with Gasteiger partial charge in [-0.15, -0.1) is 0 Å². The molecule has 37 heavy (non-hydrogen) atoms. The van der Waals surface area contributed by atoms with Gasteiger partial charge in [-0.1, -0.05) is 39.0 Å². The molecular weight excluding hydrogens is 462 g/mol. The normalized spacial score (nSPS) is 41.8. The van der Waals surface area contributed by atoms with Gasteiger partial charge in [-0.3, -0.25) is 4.79 Å². The Morgan fingerprint density at radius 2 is 1.84 bits per heavy atom. The molecule has 4 N–H and O–H groups in total. The standard InChI is InChI=1S/C32H49NO4/c1-20(7-6-16-34)26-12-13-27-25-11-10-22-17-23(33-30(37)24-9-5-4-8-21(24)19-35)14-15-31(22,2)28(25)18-29(36)32(26,27)3/h4-5,8-9,20,22-23,25-29,34-36H,6-7,10-19H2,1-3H3,(H,33,37)/t20-,22-,23+,25+,26-,27+,28+,29+,31+,32-/m1/s1. The first-order valence-corrected chi connectivity index (χ1v) is 15.0. The van der Waals surface area contributed by atoms with Crippen LogP contribution in [0, 0.1) is 46.3 Å². The molecule has 0 saturated heterocycles. The lowest BCUT2D eigenvalue weighted by molar-refractivity contribution is -0.169. The van der Waals surface area contributed by atoms with Gasteiger partial charge in [0.1, 0.15) is 0 Å². The number of carbonyl (C=O) groups is 1. The van der Waals surface area contributed by atoms with E-state index < -0.39 is 0 Å². The van der Waals surface area contributed by atoms with Crippen LogP contribution in [0.4, 0.5) is 0 Å². The van der Waals surface area contributed by atoms with E-state index in [0.29, 0.717) is 46.6 Å². The van der Waals surface area contributed by atoms with Crippen LogP contribution in [0.3, 0.4) is 0 Å². The summed E-state index contributed by atoms with van der Waals surface area (Å²) in [5, 5.41) is 34.1. The Bertz CT molecular complexity index is 966. The highest BCUT2D eigenvalue weighted by atomic mass is 16.3. The second-order valence-electron chi connectivity index (χ2n) is 13.6. The van der Waals surface area contributed by atoms with Crippen molar-refractivity contribution in [1.29, 1.82) is 0 Å². The lowest BCUT2D eigenvalue weighted by Crippen LogP contribution is -2.59. The van der Waals surface area contributed by atoms with Crippen molar-refractivity contribution >= 4 is 5.91 Å². The molecule has 5 heteroatoms. The number of hydrogen-bond donors (Lipinski definition) is 4. The first-order valence-electron chi connectivity index (χ1n) is 15.0. The minimum atomic E-state index is -0.245. The van der Waals surface area contributed by atoms with E-state index in [9.17, 15) is 20.1 Å². The van der Waals surface area contributed by atoms with Gasteiger partial charge in [0, 0.05) is 18.2 Å².